The summed E-state index contributed by atoms with van der Waals surface area (Å²) < 4.78 is 2.01. The third kappa shape index (κ3) is 5.96. The second-order valence-corrected chi connectivity index (χ2v) is 6.75. The van der Waals surface area contributed by atoms with Crippen molar-refractivity contribution >= 4 is 29.9 Å². The molecule has 0 bridgehead atoms. The van der Waals surface area contributed by atoms with Crippen molar-refractivity contribution in [1.29, 1.82) is 0 Å². The molecule has 1 heterocycles. The molecule has 2 N–H and O–H groups in total. The molecule has 0 spiro atoms. The summed E-state index contributed by atoms with van der Waals surface area (Å²) in [7, 11) is 1.78. The predicted octanol–water partition coefficient (Wildman–Crippen LogP) is 3.12. The van der Waals surface area contributed by atoms with Crippen molar-refractivity contribution in [3.8, 4) is 0 Å². The van der Waals surface area contributed by atoms with E-state index in [0.717, 1.165) is 31.3 Å². The topological polar surface area (TPSA) is 67.1 Å². The van der Waals surface area contributed by atoms with Gasteiger partial charge in [0.1, 0.15) is 6.33 Å². The molecular weight excluding hydrogens is 439 g/mol. The fourth-order valence-electron chi connectivity index (χ4n) is 2.66. The lowest BCUT2D eigenvalue weighted by molar-refractivity contribution is 0.507. The van der Waals surface area contributed by atoms with E-state index in [1.165, 1.54) is 11.1 Å². The SMILES string of the molecule is CCc1ccc(C(C)(C)CNC(=NC)NCc2nncn2CC)cc1.I. The lowest BCUT2D eigenvalue weighted by atomic mass is 9.84. The lowest BCUT2D eigenvalue weighted by Gasteiger charge is -2.27. The van der Waals surface area contributed by atoms with Gasteiger partial charge in [-0.1, -0.05) is 45.0 Å². The number of nitrogens with zero attached hydrogens (tertiary/aromatic N) is 4. The van der Waals surface area contributed by atoms with Gasteiger partial charge in [0.05, 0.1) is 6.54 Å². The van der Waals surface area contributed by atoms with Crippen LogP contribution in [-0.4, -0.2) is 34.3 Å². The summed E-state index contributed by atoms with van der Waals surface area (Å²) in [5.41, 5.74) is 2.69. The zero-order valence-electron chi connectivity index (χ0n) is 16.4. The normalized spacial score (nSPS) is 11.8. The Bertz CT molecular complexity index is 690. The van der Waals surface area contributed by atoms with E-state index < -0.39 is 0 Å². The first-order chi connectivity index (χ1) is 12.0. The van der Waals surface area contributed by atoms with Crippen LogP contribution < -0.4 is 10.6 Å². The van der Waals surface area contributed by atoms with Gasteiger partial charge < -0.3 is 15.2 Å². The molecule has 0 radical (unpaired) electrons. The minimum Gasteiger partial charge on any atom is -0.356 e. The van der Waals surface area contributed by atoms with Gasteiger partial charge in [0.25, 0.3) is 0 Å². The van der Waals surface area contributed by atoms with Gasteiger partial charge in [-0.25, -0.2) is 0 Å². The van der Waals surface area contributed by atoms with Crippen molar-refractivity contribution in [3.05, 3.63) is 47.5 Å². The van der Waals surface area contributed by atoms with Crippen molar-refractivity contribution in [2.75, 3.05) is 13.6 Å². The molecule has 0 aliphatic rings. The highest BCUT2D eigenvalue weighted by molar-refractivity contribution is 14.0. The number of hydrogen-bond acceptors (Lipinski definition) is 3. The molecule has 7 heteroatoms. The quantitative estimate of drug-likeness (QED) is 0.371. The van der Waals surface area contributed by atoms with Crippen LogP contribution >= 0.6 is 24.0 Å². The summed E-state index contributed by atoms with van der Waals surface area (Å²) in [6, 6.07) is 8.87. The molecule has 0 aliphatic heterocycles. The molecule has 2 aromatic rings. The maximum absolute atomic E-state index is 4.30. The van der Waals surface area contributed by atoms with Crippen LogP contribution in [0.2, 0.25) is 0 Å². The minimum absolute atomic E-state index is 0. The summed E-state index contributed by atoms with van der Waals surface area (Å²) in [6.07, 6.45) is 2.81. The Labute approximate surface area is 173 Å². The van der Waals surface area contributed by atoms with E-state index in [-0.39, 0.29) is 29.4 Å². The van der Waals surface area contributed by atoms with Crippen LogP contribution in [0.3, 0.4) is 0 Å². The second kappa shape index (κ2) is 10.5. The van der Waals surface area contributed by atoms with Gasteiger partial charge >= 0.3 is 0 Å². The minimum atomic E-state index is 0. The van der Waals surface area contributed by atoms with Gasteiger partial charge in [0.15, 0.2) is 11.8 Å². The molecule has 0 saturated heterocycles. The van der Waals surface area contributed by atoms with Crippen LogP contribution in [0.4, 0.5) is 0 Å². The van der Waals surface area contributed by atoms with E-state index in [0.29, 0.717) is 6.54 Å². The van der Waals surface area contributed by atoms with Crippen molar-refractivity contribution in [3.63, 3.8) is 0 Å². The van der Waals surface area contributed by atoms with Crippen LogP contribution in [0.1, 0.15) is 44.6 Å². The summed E-state index contributed by atoms with van der Waals surface area (Å²) in [5, 5.41) is 14.8. The highest BCUT2D eigenvalue weighted by Gasteiger charge is 2.21. The van der Waals surface area contributed by atoms with Crippen LogP contribution in [0.25, 0.3) is 0 Å². The fraction of sp³-hybridized carbons (Fsp3) is 0.526. The van der Waals surface area contributed by atoms with E-state index >= 15 is 0 Å². The van der Waals surface area contributed by atoms with E-state index in [1.807, 2.05) is 4.57 Å². The standard InChI is InChI=1S/C19H30N6.HI/c1-6-15-8-10-16(11-9-15)19(3,4)13-22-18(20-5)21-12-17-24-23-14-25(17)7-2;/h8-11,14H,6-7,12-13H2,1-5H3,(H2,20,21,22);1H. The highest BCUT2D eigenvalue weighted by atomic mass is 127. The molecule has 0 atom stereocenters. The molecule has 0 aliphatic carbocycles. The van der Waals surface area contributed by atoms with Crippen LogP contribution in [0, 0.1) is 0 Å². The molecule has 0 fully saturated rings. The summed E-state index contributed by atoms with van der Waals surface area (Å²) in [6.45, 7) is 11.0. The first kappa shape index (κ1) is 22.4. The average molecular weight is 470 g/mol. The van der Waals surface area contributed by atoms with Crippen molar-refractivity contribution in [1.82, 2.24) is 25.4 Å². The fourth-order valence-corrected chi connectivity index (χ4v) is 2.66. The highest BCUT2D eigenvalue weighted by Crippen LogP contribution is 2.22. The molecule has 0 amide bonds. The first-order valence-electron chi connectivity index (χ1n) is 8.90. The van der Waals surface area contributed by atoms with Crippen LogP contribution in [0.5, 0.6) is 0 Å². The number of guanidine groups is 1. The number of hydrogen-bond donors (Lipinski definition) is 2. The molecule has 2 rings (SSSR count). The molecule has 144 valence electrons. The molecule has 1 aromatic carbocycles. The van der Waals surface area contributed by atoms with Gasteiger partial charge in [-0.15, -0.1) is 34.2 Å². The number of nitrogens with one attached hydrogen (secondary N) is 2. The molecule has 0 saturated carbocycles. The number of aryl methyl sites for hydroxylation is 2. The Balaban J connectivity index is 0.00000338. The third-order valence-corrected chi connectivity index (χ3v) is 4.52. The van der Waals surface area contributed by atoms with Crippen molar-refractivity contribution in [2.24, 2.45) is 4.99 Å². The maximum atomic E-state index is 4.30. The number of rotatable bonds is 7. The second-order valence-electron chi connectivity index (χ2n) is 6.75. The van der Waals surface area contributed by atoms with E-state index in [4.69, 9.17) is 0 Å². The van der Waals surface area contributed by atoms with Gasteiger partial charge in [-0.3, -0.25) is 4.99 Å². The largest absolute Gasteiger partial charge is 0.356 e. The number of aromatic nitrogens is 3. The number of halogens is 1. The number of benzene rings is 1. The average Bonchev–Trinajstić information content (AvgIpc) is 3.09. The Hall–Kier alpha value is -1.64. The van der Waals surface area contributed by atoms with E-state index in [2.05, 4.69) is 77.8 Å². The Morgan fingerprint density at radius 2 is 1.85 bits per heavy atom. The monoisotopic (exact) mass is 470 g/mol. The summed E-state index contributed by atoms with van der Waals surface area (Å²) in [5.74, 6) is 1.67. The lowest BCUT2D eigenvalue weighted by Crippen LogP contribution is -2.43. The maximum Gasteiger partial charge on any atom is 0.191 e. The third-order valence-electron chi connectivity index (χ3n) is 4.52. The Morgan fingerprint density at radius 3 is 2.42 bits per heavy atom. The smallest absolute Gasteiger partial charge is 0.191 e. The van der Waals surface area contributed by atoms with Gasteiger partial charge in [-0.05, 0) is 24.5 Å². The summed E-state index contributed by atoms with van der Waals surface area (Å²) >= 11 is 0. The van der Waals surface area contributed by atoms with Gasteiger partial charge in [-0.2, -0.15) is 0 Å². The number of aliphatic imine (C=N–C) groups is 1. The van der Waals surface area contributed by atoms with E-state index in [1.54, 1.807) is 13.4 Å². The Morgan fingerprint density at radius 1 is 1.15 bits per heavy atom. The Kier molecular flexibility index (Phi) is 9.04. The van der Waals surface area contributed by atoms with Crippen LogP contribution in [0.15, 0.2) is 35.6 Å². The predicted molar refractivity (Wildman–Crippen MR) is 118 cm³/mol. The zero-order chi connectivity index (χ0) is 18.3. The van der Waals surface area contributed by atoms with Crippen molar-refractivity contribution in [2.45, 2.75) is 52.6 Å². The van der Waals surface area contributed by atoms with Crippen LogP contribution in [-0.2, 0) is 24.9 Å². The molecular formula is C19H31IN6. The van der Waals surface area contributed by atoms with Gasteiger partial charge in [0.2, 0.25) is 0 Å². The molecule has 26 heavy (non-hydrogen) atoms. The van der Waals surface area contributed by atoms with Crippen molar-refractivity contribution < 1.29 is 0 Å². The first-order valence-corrected chi connectivity index (χ1v) is 8.90. The zero-order valence-corrected chi connectivity index (χ0v) is 18.7. The van der Waals surface area contributed by atoms with Gasteiger partial charge in [0, 0.05) is 25.6 Å². The van der Waals surface area contributed by atoms with E-state index in [9.17, 15) is 0 Å². The molecule has 6 nitrogen and oxygen atoms in total. The molecule has 1 aromatic heterocycles. The molecule has 0 unspecified atom stereocenters. The summed E-state index contributed by atoms with van der Waals surface area (Å²) in [4.78, 5) is 4.30.